The van der Waals surface area contributed by atoms with Gasteiger partial charge in [0.15, 0.2) is 5.16 Å². The van der Waals surface area contributed by atoms with Gasteiger partial charge in [0.1, 0.15) is 5.03 Å². The Balaban J connectivity index is 2.28. The third-order valence-electron chi connectivity index (χ3n) is 2.20. The molecule has 0 radical (unpaired) electrons. The SMILES string of the molecule is CCNc1ncc(Br)c(Sc2nc(C)cc(C)n2)n1. The molecular weight excluding hydrogens is 326 g/mol. The molecule has 0 atom stereocenters. The van der Waals surface area contributed by atoms with Crippen molar-refractivity contribution < 1.29 is 0 Å². The van der Waals surface area contributed by atoms with Gasteiger partial charge in [-0.3, -0.25) is 0 Å². The fourth-order valence-corrected chi connectivity index (χ4v) is 2.76. The van der Waals surface area contributed by atoms with Crippen molar-refractivity contribution in [3.05, 3.63) is 28.1 Å². The Morgan fingerprint density at radius 1 is 1.21 bits per heavy atom. The molecule has 0 saturated heterocycles. The average molecular weight is 340 g/mol. The predicted octanol–water partition coefficient (Wildman–Crippen LogP) is 3.23. The van der Waals surface area contributed by atoms with E-state index in [4.69, 9.17) is 0 Å². The first-order valence-electron chi connectivity index (χ1n) is 5.85. The lowest BCUT2D eigenvalue weighted by Crippen LogP contribution is -2.03. The highest BCUT2D eigenvalue weighted by molar-refractivity contribution is 9.10. The van der Waals surface area contributed by atoms with E-state index in [-0.39, 0.29) is 0 Å². The van der Waals surface area contributed by atoms with Crippen LogP contribution in [0.5, 0.6) is 0 Å². The Labute approximate surface area is 124 Å². The smallest absolute Gasteiger partial charge is 0.223 e. The maximum Gasteiger partial charge on any atom is 0.223 e. The van der Waals surface area contributed by atoms with Gasteiger partial charge in [-0.2, -0.15) is 0 Å². The third-order valence-corrected chi connectivity index (χ3v) is 3.91. The normalized spacial score (nSPS) is 10.5. The molecule has 2 heterocycles. The predicted molar refractivity (Wildman–Crippen MR) is 79.5 cm³/mol. The number of aryl methyl sites for hydroxylation is 2. The molecule has 0 aliphatic rings. The topological polar surface area (TPSA) is 63.6 Å². The van der Waals surface area contributed by atoms with Crippen LogP contribution in [0, 0.1) is 13.8 Å². The van der Waals surface area contributed by atoms with Gasteiger partial charge in [0, 0.05) is 24.1 Å². The van der Waals surface area contributed by atoms with Crippen molar-refractivity contribution in [2.45, 2.75) is 31.0 Å². The van der Waals surface area contributed by atoms with Gasteiger partial charge < -0.3 is 5.32 Å². The summed E-state index contributed by atoms with van der Waals surface area (Å²) in [6, 6.07) is 1.95. The van der Waals surface area contributed by atoms with Crippen LogP contribution in [-0.4, -0.2) is 26.5 Å². The van der Waals surface area contributed by atoms with Crippen LogP contribution >= 0.6 is 27.7 Å². The van der Waals surface area contributed by atoms with Crippen molar-refractivity contribution in [1.82, 2.24) is 19.9 Å². The first kappa shape index (κ1) is 14.2. The van der Waals surface area contributed by atoms with E-state index in [0.717, 1.165) is 27.4 Å². The standard InChI is InChI=1S/C12H14BrN5S/c1-4-14-11-15-6-9(13)10(18-11)19-12-16-7(2)5-8(3)17-12/h5-6H,4H2,1-3H3,(H,14,15,18). The van der Waals surface area contributed by atoms with E-state index in [1.54, 1.807) is 6.20 Å². The fraction of sp³-hybridized carbons (Fsp3) is 0.333. The number of rotatable bonds is 4. The van der Waals surface area contributed by atoms with Crippen LogP contribution < -0.4 is 5.32 Å². The maximum atomic E-state index is 4.43. The summed E-state index contributed by atoms with van der Waals surface area (Å²) < 4.78 is 0.835. The molecule has 2 aromatic rings. The van der Waals surface area contributed by atoms with E-state index in [1.165, 1.54) is 11.8 Å². The number of halogens is 1. The number of hydrogen-bond acceptors (Lipinski definition) is 6. The van der Waals surface area contributed by atoms with Crippen molar-refractivity contribution in [2.24, 2.45) is 0 Å². The van der Waals surface area contributed by atoms with Crippen LogP contribution in [0.15, 0.2) is 26.9 Å². The van der Waals surface area contributed by atoms with Gasteiger partial charge in [-0.25, -0.2) is 19.9 Å². The number of nitrogens with one attached hydrogen (secondary N) is 1. The molecule has 1 N–H and O–H groups in total. The third kappa shape index (κ3) is 3.87. The summed E-state index contributed by atoms with van der Waals surface area (Å²) in [5.74, 6) is 0.609. The van der Waals surface area contributed by atoms with Crippen molar-refractivity contribution >= 4 is 33.6 Å². The van der Waals surface area contributed by atoms with Gasteiger partial charge in [0.05, 0.1) is 4.47 Å². The van der Waals surface area contributed by atoms with Crippen LogP contribution in [0.4, 0.5) is 5.95 Å². The van der Waals surface area contributed by atoms with E-state index >= 15 is 0 Å². The Morgan fingerprint density at radius 3 is 2.53 bits per heavy atom. The van der Waals surface area contributed by atoms with Gasteiger partial charge in [-0.15, -0.1) is 0 Å². The molecule has 0 saturated carbocycles. The molecule has 7 heteroatoms. The molecule has 0 aliphatic carbocycles. The lowest BCUT2D eigenvalue weighted by Gasteiger charge is -2.06. The molecule has 0 aromatic carbocycles. The Bertz CT molecular complexity index is 570. The molecule has 2 aromatic heterocycles. The average Bonchev–Trinajstić information content (AvgIpc) is 2.32. The molecule has 0 bridgehead atoms. The second-order valence-electron chi connectivity index (χ2n) is 3.91. The van der Waals surface area contributed by atoms with E-state index in [1.807, 2.05) is 26.8 Å². The summed E-state index contributed by atoms with van der Waals surface area (Å²) >= 11 is 4.87. The summed E-state index contributed by atoms with van der Waals surface area (Å²) in [5, 5.41) is 4.58. The fourth-order valence-electron chi connectivity index (χ4n) is 1.49. The quantitative estimate of drug-likeness (QED) is 0.681. The lowest BCUT2D eigenvalue weighted by molar-refractivity contribution is 0.895. The zero-order valence-electron chi connectivity index (χ0n) is 10.9. The van der Waals surface area contributed by atoms with Gasteiger partial charge in [0.25, 0.3) is 0 Å². The molecule has 0 fully saturated rings. The van der Waals surface area contributed by atoms with E-state index < -0.39 is 0 Å². The highest BCUT2D eigenvalue weighted by Crippen LogP contribution is 2.30. The zero-order valence-corrected chi connectivity index (χ0v) is 13.3. The number of hydrogen-bond donors (Lipinski definition) is 1. The van der Waals surface area contributed by atoms with Gasteiger partial charge in [0.2, 0.25) is 5.95 Å². The van der Waals surface area contributed by atoms with Gasteiger partial charge >= 0.3 is 0 Å². The minimum atomic E-state index is 0.609. The second kappa shape index (κ2) is 6.29. The zero-order chi connectivity index (χ0) is 13.8. The van der Waals surface area contributed by atoms with E-state index in [0.29, 0.717) is 11.1 Å². The first-order chi connectivity index (χ1) is 9.08. The van der Waals surface area contributed by atoms with Crippen molar-refractivity contribution in [2.75, 3.05) is 11.9 Å². The minimum Gasteiger partial charge on any atom is -0.354 e. The molecule has 0 aliphatic heterocycles. The summed E-state index contributed by atoms with van der Waals surface area (Å²) in [6.07, 6.45) is 1.73. The van der Waals surface area contributed by atoms with Crippen molar-refractivity contribution in [1.29, 1.82) is 0 Å². The lowest BCUT2D eigenvalue weighted by atomic mass is 10.4. The van der Waals surface area contributed by atoms with Gasteiger partial charge in [-0.05, 0) is 54.5 Å². The first-order valence-corrected chi connectivity index (χ1v) is 7.46. The van der Waals surface area contributed by atoms with Crippen LogP contribution in [0.3, 0.4) is 0 Å². The Hall–Kier alpha value is -1.21. The number of nitrogens with zero attached hydrogens (tertiary/aromatic N) is 4. The largest absolute Gasteiger partial charge is 0.354 e. The minimum absolute atomic E-state index is 0.609. The molecule has 0 spiro atoms. The van der Waals surface area contributed by atoms with Crippen molar-refractivity contribution in [3.63, 3.8) is 0 Å². The Kier molecular flexibility index (Phi) is 4.71. The maximum absolute atomic E-state index is 4.43. The van der Waals surface area contributed by atoms with Crippen LogP contribution in [0.2, 0.25) is 0 Å². The molecule has 5 nitrogen and oxygen atoms in total. The molecule has 100 valence electrons. The van der Waals surface area contributed by atoms with E-state index in [9.17, 15) is 0 Å². The highest BCUT2D eigenvalue weighted by atomic mass is 79.9. The summed E-state index contributed by atoms with van der Waals surface area (Å²) in [4.78, 5) is 17.4. The summed E-state index contributed by atoms with van der Waals surface area (Å²) in [6.45, 7) is 6.70. The van der Waals surface area contributed by atoms with E-state index in [2.05, 4.69) is 41.2 Å². The highest BCUT2D eigenvalue weighted by Gasteiger charge is 2.09. The number of aromatic nitrogens is 4. The van der Waals surface area contributed by atoms with Crippen LogP contribution in [-0.2, 0) is 0 Å². The molecular formula is C12H14BrN5S. The van der Waals surface area contributed by atoms with Crippen LogP contribution in [0.25, 0.3) is 0 Å². The molecule has 19 heavy (non-hydrogen) atoms. The molecule has 2 rings (SSSR count). The second-order valence-corrected chi connectivity index (χ2v) is 5.72. The van der Waals surface area contributed by atoms with Gasteiger partial charge in [-0.1, -0.05) is 0 Å². The monoisotopic (exact) mass is 339 g/mol. The summed E-state index contributed by atoms with van der Waals surface area (Å²) in [7, 11) is 0. The van der Waals surface area contributed by atoms with Crippen LogP contribution in [0.1, 0.15) is 18.3 Å². The molecule has 0 amide bonds. The Morgan fingerprint density at radius 2 is 1.89 bits per heavy atom. The number of anilines is 1. The van der Waals surface area contributed by atoms with Crippen molar-refractivity contribution in [3.8, 4) is 0 Å². The molecule has 0 unspecified atom stereocenters. The summed E-state index contributed by atoms with van der Waals surface area (Å²) in [5.41, 5.74) is 1.90.